The number of nitrogens with one attached hydrogen (secondary N) is 1. The lowest BCUT2D eigenvalue weighted by molar-refractivity contribution is 0.0887. The number of rotatable bonds is 5. The Balaban J connectivity index is 2.67. The number of ether oxygens (including phenoxy) is 1. The van der Waals surface area contributed by atoms with Gasteiger partial charge in [-0.25, -0.2) is 4.98 Å². The number of anilines is 1. The lowest BCUT2D eigenvalue weighted by Crippen LogP contribution is -2.03. The van der Waals surface area contributed by atoms with Gasteiger partial charge in [-0.1, -0.05) is 13.3 Å². The Morgan fingerprint density at radius 1 is 1.62 bits per heavy atom. The van der Waals surface area contributed by atoms with Gasteiger partial charge in [0.2, 0.25) is 5.13 Å². The van der Waals surface area contributed by atoms with Crippen molar-refractivity contribution in [3.05, 3.63) is 5.82 Å². The minimum absolute atomic E-state index is 0.0448. The highest BCUT2D eigenvalue weighted by molar-refractivity contribution is 7.09. The van der Waals surface area contributed by atoms with E-state index in [1.165, 1.54) is 11.5 Å². The minimum Gasteiger partial charge on any atom is -0.373 e. The van der Waals surface area contributed by atoms with Crippen LogP contribution in [0.2, 0.25) is 0 Å². The van der Waals surface area contributed by atoms with Gasteiger partial charge in [0.15, 0.2) is 5.82 Å². The third kappa shape index (κ3) is 2.63. The highest BCUT2D eigenvalue weighted by atomic mass is 32.1. The molecular weight excluding hydrogens is 186 g/mol. The number of hydrogen-bond acceptors (Lipinski definition) is 5. The molecule has 1 aromatic heterocycles. The normalized spacial score (nSPS) is 12.8. The van der Waals surface area contributed by atoms with Gasteiger partial charge in [-0.15, -0.1) is 0 Å². The van der Waals surface area contributed by atoms with Gasteiger partial charge in [0.25, 0.3) is 0 Å². The lowest BCUT2D eigenvalue weighted by Gasteiger charge is -2.09. The van der Waals surface area contributed by atoms with Crippen molar-refractivity contribution >= 4 is 16.7 Å². The summed E-state index contributed by atoms with van der Waals surface area (Å²) in [4.78, 5) is 4.29. The van der Waals surface area contributed by atoms with Crippen LogP contribution >= 0.6 is 11.5 Å². The summed E-state index contributed by atoms with van der Waals surface area (Å²) in [5.74, 6) is 0.790. The van der Waals surface area contributed by atoms with Crippen molar-refractivity contribution in [2.75, 3.05) is 19.5 Å². The standard InChI is InChI=1S/C8H15N3OS/c1-4-5-6(12-3)7-10-8(9-2)13-11-7/h6H,4-5H2,1-3H3,(H,9,10,11). The Morgan fingerprint density at radius 3 is 2.85 bits per heavy atom. The Kier molecular flexibility index (Phi) is 4.11. The Morgan fingerprint density at radius 2 is 2.38 bits per heavy atom. The molecule has 1 rings (SSSR count). The monoisotopic (exact) mass is 201 g/mol. The third-order valence-electron chi connectivity index (χ3n) is 1.78. The lowest BCUT2D eigenvalue weighted by atomic mass is 10.2. The average Bonchev–Trinajstić information content (AvgIpc) is 2.62. The summed E-state index contributed by atoms with van der Waals surface area (Å²) in [6, 6.07) is 0. The molecule has 1 heterocycles. The van der Waals surface area contributed by atoms with Gasteiger partial charge in [-0.05, 0) is 6.42 Å². The molecule has 1 atom stereocenters. The summed E-state index contributed by atoms with van der Waals surface area (Å²) in [5, 5.41) is 3.80. The van der Waals surface area contributed by atoms with Crippen LogP contribution in [0, 0.1) is 0 Å². The quantitative estimate of drug-likeness (QED) is 0.792. The number of nitrogens with zero attached hydrogens (tertiary/aromatic N) is 2. The molecule has 0 saturated carbocycles. The van der Waals surface area contributed by atoms with Crippen molar-refractivity contribution in [1.82, 2.24) is 9.36 Å². The molecular formula is C8H15N3OS. The van der Waals surface area contributed by atoms with Crippen molar-refractivity contribution in [3.8, 4) is 0 Å². The van der Waals surface area contributed by atoms with Crippen molar-refractivity contribution < 1.29 is 4.74 Å². The van der Waals surface area contributed by atoms with E-state index in [2.05, 4.69) is 21.6 Å². The van der Waals surface area contributed by atoms with Gasteiger partial charge in [-0.2, -0.15) is 4.37 Å². The van der Waals surface area contributed by atoms with E-state index in [0.29, 0.717) is 0 Å². The molecule has 0 bridgehead atoms. The van der Waals surface area contributed by atoms with E-state index in [1.54, 1.807) is 7.11 Å². The summed E-state index contributed by atoms with van der Waals surface area (Å²) >= 11 is 1.37. The summed E-state index contributed by atoms with van der Waals surface area (Å²) in [5.41, 5.74) is 0. The van der Waals surface area contributed by atoms with Crippen LogP contribution < -0.4 is 5.32 Å². The van der Waals surface area contributed by atoms with Crippen LogP contribution in [0.1, 0.15) is 31.7 Å². The van der Waals surface area contributed by atoms with Gasteiger partial charge >= 0.3 is 0 Å². The third-order valence-corrected chi connectivity index (χ3v) is 2.53. The summed E-state index contributed by atoms with van der Waals surface area (Å²) in [7, 11) is 3.53. The van der Waals surface area contributed by atoms with Crippen molar-refractivity contribution in [2.45, 2.75) is 25.9 Å². The first-order chi connectivity index (χ1) is 6.31. The van der Waals surface area contributed by atoms with Gasteiger partial charge in [0.1, 0.15) is 6.10 Å². The Bertz CT molecular complexity index is 251. The molecule has 0 spiro atoms. The van der Waals surface area contributed by atoms with Gasteiger partial charge in [-0.3, -0.25) is 0 Å². The molecule has 1 unspecified atom stereocenters. The summed E-state index contributed by atoms with van der Waals surface area (Å²) in [6.45, 7) is 2.12. The van der Waals surface area contributed by atoms with Crippen LogP contribution in [-0.4, -0.2) is 23.5 Å². The first-order valence-electron chi connectivity index (χ1n) is 4.36. The van der Waals surface area contributed by atoms with Crippen LogP contribution in [-0.2, 0) is 4.74 Å². The molecule has 13 heavy (non-hydrogen) atoms. The Labute approximate surface area is 82.5 Å². The SMILES string of the molecule is CCCC(OC)c1nsc(NC)n1. The molecule has 0 saturated heterocycles. The largest absolute Gasteiger partial charge is 0.373 e. The maximum Gasteiger partial charge on any atom is 0.202 e. The molecule has 0 amide bonds. The van der Waals surface area contributed by atoms with Crippen LogP contribution in [0.3, 0.4) is 0 Å². The second kappa shape index (κ2) is 5.14. The summed E-state index contributed by atoms with van der Waals surface area (Å²) < 4.78 is 9.51. The van der Waals surface area contributed by atoms with E-state index in [-0.39, 0.29) is 6.10 Å². The van der Waals surface area contributed by atoms with Crippen LogP contribution in [0.4, 0.5) is 5.13 Å². The van der Waals surface area contributed by atoms with Crippen molar-refractivity contribution in [3.63, 3.8) is 0 Å². The van der Waals surface area contributed by atoms with E-state index in [4.69, 9.17) is 4.74 Å². The first-order valence-corrected chi connectivity index (χ1v) is 5.13. The number of hydrogen-bond donors (Lipinski definition) is 1. The predicted octanol–water partition coefficient (Wildman–Crippen LogP) is 2.07. The second-order valence-corrected chi connectivity index (χ2v) is 3.47. The van der Waals surface area contributed by atoms with E-state index >= 15 is 0 Å². The minimum atomic E-state index is 0.0448. The molecule has 0 fully saturated rings. The smallest absolute Gasteiger partial charge is 0.202 e. The van der Waals surface area contributed by atoms with Crippen molar-refractivity contribution in [2.24, 2.45) is 0 Å². The Hall–Kier alpha value is -0.680. The zero-order valence-electron chi connectivity index (χ0n) is 8.20. The van der Waals surface area contributed by atoms with Crippen LogP contribution in [0.5, 0.6) is 0 Å². The topological polar surface area (TPSA) is 47.0 Å². The molecule has 1 N–H and O–H groups in total. The number of aromatic nitrogens is 2. The van der Waals surface area contributed by atoms with E-state index in [9.17, 15) is 0 Å². The fourth-order valence-corrected chi connectivity index (χ4v) is 1.65. The van der Waals surface area contributed by atoms with Gasteiger partial charge in [0, 0.05) is 25.7 Å². The van der Waals surface area contributed by atoms with Crippen LogP contribution in [0.25, 0.3) is 0 Å². The van der Waals surface area contributed by atoms with E-state index < -0.39 is 0 Å². The highest BCUT2D eigenvalue weighted by Crippen LogP contribution is 2.22. The first kappa shape index (κ1) is 10.4. The molecule has 5 heteroatoms. The van der Waals surface area contributed by atoms with E-state index in [0.717, 1.165) is 23.8 Å². The molecule has 0 radical (unpaired) electrons. The highest BCUT2D eigenvalue weighted by Gasteiger charge is 2.14. The summed E-state index contributed by atoms with van der Waals surface area (Å²) in [6.07, 6.45) is 2.09. The fourth-order valence-electron chi connectivity index (χ4n) is 1.08. The molecule has 1 aromatic rings. The molecule has 0 aromatic carbocycles. The molecule has 0 aliphatic heterocycles. The molecule has 0 aliphatic carbocycles. The molecule has 4 nitrogen and oxygen atoms in total. The van der Waals surface area contributed by atoms with Crippen molar-refractivity contribution in [1.29, 1.82) is 0 Å². The molecule has 74 valence electrons. The second-order valence-electron chi connectivity index (χ2n) is 2.72. The molecule has 0 aliphatic rings. The maximum absolute atomic E-state index is 5.29. The van der Waals surface area contributed by atoms with Gasteiger partial charge < -0.3 is 10.1 Å². The number of methoxy groups -OCH3 is 1. The van der Waals surface area contributed by atoms with Gasteiger partial charge in [0.05, 0.1) is 0 Å². The fraction of sp³-hybridized carbons (Fsp3) is 0.750. The average molecular weight is 201 g/mol. The predicted molar refractivity (Wildman–Crippen MR) is 54.1 cm³/mol. The van der Waals surface area contributed by atoms with Crippen LogP contribution in [0.15, 0.2) is 0 Å². The zero-order valence-corrected chi connectivity index (χ0v) is 9.02. The maximum atomic E-state index is 5.29. The van der Waals surface area contributed by atoms with E-state index in [1.807, 2.05) is 7.05 Å². The zero-order chi connectivity index (χ0) is 9.68.